The molecule has 4 aromatic rings. The molecule has 2 N–H and O–H groups in total. The molecule has 8 heteroatoms. The molecule has 0 radical (unpaired) electrons. The Morgan fingerprint density at radius 3 is 2.84 bits per heavy atom. The maximum Gasteiger partial charge on any atom is 0.246 e. The number of ether oxygens (including phenoxy) is 1. The summed E-state index contributed by atoms with van der Waals surface area (Å²) in [7, 11) is 0. The fourth-order valence-corrected chi connectivity index (χ4v) is 4.01. The van der Waals surface area contributed by atoms with Crippen LogP contribution in [0.25, 0.3) is 28.3 Å². The summed E-state index contributed by atoms with van der Waals surface area (Å²) < 4.78 is 7.79. The Balaban J connectivity index is 1.73. The first-order valence-electron chi connectivity index (χ1n) is 10.5. The number of carbonyl (C=O) groups excluding carboxylic acids is 1. The predicted octanol–water partition coefficient (Wildman–Crippen LogP) is 3.23. The number of benzene rings is 1. The summed E-state index contributed by atoms with van der Waals surface area (Å²) in [6, 6.07) is 9.67. The van der Waals surface area contributed by atoms with Crippen molar-refractivity contribution in [1.82, 2.24) is 19.4 Å². The van der Waals surface area contributed by atoms with Crippen LogP contribution in [0.3, 0.4) is 0 Å². The molecule has 5 rings (SSSR count). The lowest BCUT2D eigenvalue weighted by atomic mass is 10.0. The van der Waals surface area contributed by atoms with Gasteiger partial charge in [0.15, 0.2) is 0 Å². The summed E-state index contributed by atoms with van der Waals surface area (Å²) in [5.41, 5.74) is 10.4. The van der Waals surface area contributed by atoms with Crippen LogP contribution in [-0.4, -0.2) is 44.0 Å². The van der Waals surface area contributed by atoms with Crippen molar-refractivity contribution < 1.29 is 9.53 Å². The van der Waals surface area contributed by atoms with E-state index in [4.69, 9.17) is 15.5 Å². The summed E-state index contributed by atoms with van der Waals surface area (Å²) in [5, 5.41) is 0. The van der Waals surface area contributed by atoms with E-state index in [-0.39, 0.29) is 5.91 Å². The SMILES string of the molecule is Cc1cnccc1-c1nc2ncccn2c1-c1ccc2c(c1)N(C(=O)C(C)(C)N)CCO2. The van der Waals surface area contributed by atoms with E-state index in [2.05, 4.69) is 9.97 Å². The molecular formula is C24H24N6O2. The van der Waals surface area contributed by atoms with Crippen molar-refractivity contribution in [2.75, 3.05) is 18.1 Å². The molecule has 0 saturated carbocycles. The lowest BCUT2D eigenvalue weighted by molar-refractivity contribution is -0.122. The van der Waals surface area contributed by atoms with Gasteiger partial charge in [-0.25, -0.2) is 9.97 Å². The van der Waals surface area contributed by atoms with E-state index < -0.39 is 5.54 Å². The molecule has 0 bridgehead atoms. The van der Waals surface area contributed by atoms with Crippen molar-refractivity contribution >= 4 is 17.4 Å². The molecule has 1 aliphatic rings. The van der Waals surface area contributed by atoms with Gasteiger partial charge in [-0.3, -0.25) is 14.2 Å². The number of amides is 1. The molecule has 0 atom stereocenters. The van der Waals surface area contributed by atoms with Crippen LogP contribution in [-0.2, 0) is 4.79 Å². The molecule has 1 amide bonds. The number of nitrogens with two attached hydrogens (primary N) is 1. The minimum atomic E-state index is -0.989. The number of rotatable bonds is 3. The van der Waals surface area contributed by atoms with Gasteiger partial charge in [0.1, 0.15) is 12.4 Å². The van der Waals surface area contributed by atoms with Gasteiger partial charge in [-0.05, 0) is 56.7 Å². The lowest BCUT2D eigenvalue weighted by Gasteiger charge is -2.34. The fourth-order valence-electron chi connectivity index (χ4n) is 4.01. The molecule has 8 nitrogen and oxygen atoms in total. The van der Waals surface area contributed by atoms with Crippen molar-refractivity contribution in [3.8, 4) is 28.3 Å². The third kappa shape index (κ3) is 3.29. The highest BCUT2D eigenvalue weighted by Crippen LogP contribution is 2.40. The van der Waals surface area contributed by atoms with Crippen molar-refractivity contribution in [1.29, 1.82) is 0 Å². The van der Waals surface area contributed by atoms with E-state index in [1.54, 1.807) is 31.1 Å². The Morgan fingerprint density at radius 1 is 1.22 bits per heavy atom. The molecule has 0 saturated heterocycles. The van der Waals surface area contributed by atoms with Crippen LogP contribution in [0.2, 0.25) is 0 Å². The van der Waals surface area contributed by atoms with E-state index in [1.165, 1.54) is 0 Å². The van der Waals surface area contributed by atoms with E-state index in [1.807, 2.05) is 54.0 Å². The Kier molecular flexibility index (Phi) is 4.67. The number of anilines is 1. The number of aromatic nitrogens is 4. The van der Waals surface area contributed by atoms with E-state index >= 15 is 0 Å². The number of carbonyl (C=O) groups is 1. The molecule has 4 heterocycles. The predicted molar refractivity (Wildman–Crippen MR) is 123 cm³/mol. The molecular weight excluding hydrogens is 404 g/mol. The van der Waals surface area contributed by atoms with Gasteiger partial charge in [-0.2, -0.15) is 0 Å². The van der Waals surface area contributed by atoms with E-state index in [0.29, 0.717) is 30.4 Å². The second-order valence-corrected chi connectivity index (χ2v) is 8.50. The first-order chi connectivity index (χ1) is 15.3. The number of imidazole rings is 1. The van der Waals surface area contributed by atoms with E-state index in [9.17, 15) is 4.79 Å². The molecule has 3 aromatic heterocycles. The minimum Gasteiger partial charge on any atom is -0.490 e. The van der Waals surface area contributed by atoms with Crippen LogP contribution >= 0.6 is 0 Å². The third-order valence-electron chi connectivity index (χ3n) is 5.57. The molecule has 1 aliphatic heterocycles. The van der Waals surface area contributed by atoms with Crippen LogP contribution < -0.4 is 15.4 Å². The highest BCUT2D eigenvalue weighted by atomic mass is 16.5. The number of fused-ring (bicyclic) bond motifs is 2. The van der Waals surface area contributed by atoms with Crippen LogP contribution in [0.1, 0.15) is 19.4 Å². The second kappa shape index (κ2) is 7.42. The van der Waals surface area contributed by atoms with Gasteiger partial charge >= 0.3 is 0 Å². The van der Waals surface area contributed by atoms with Crippen molar-refractivity contribution in [3.05, 3.63) is 60.7 Å². The molecule has 162 valence electrons. The van der Waals surface area contributed by atoms with Crippen LogP contribution in [0, 0.1) is 6.92 Å². The smallest absolute Gasteiger partial charge is 0.246 e. The summed E-state index contributed by atoms with van der Waals surface area (Å²) in [5.74, 6) is 1.11. The zero-order valence-corrected chi connectivity index (χ0v) is 18.2. The minimum absolute atomic E-state index is 0.149. The third-order valence-corrected chi connectivity index (χ3v) is 5.57. The number of nitrogens with zero attached hydrogens (tertiary/aromatic N) is 5. The first kappa shape index (κ1) is 20.1. The first-order valence-corrected chi connectivity index (χ1v) is 10.5. The summed E-state index contributed by atoms with van der Waals surface area (Å²) in [4.78, 5) is 28.2. The molecule has 32 heavy (non-hydrogen) atoms. The standard InChI is InChI=1S/C24H24N6O2/c1-15-14-26-9-7-17(15)20-21(30-10-4-8-27-23(30)28-20)16-5-6-19-18(13-16)29(11-12-32-19)22(31)24(2,3)25/h4-10,13-14H,11-12,25H2,1-3H3. The Morgan fingerprint density at radius 2 is 2.06 bits per heavy atom. The second-order valence-electron chi connectivity index (χ2n) is 8.50. The van der Waals surface area contributed by atoms with Gasteiger partial charge in [0.2, 0.25) is 11.7 Å². The number of aryl methyl sites for hydroxylation is 1. The Hall–Kier alpha value is -3.78. The van der Waals surface area contributed by atoms with Crippen LogP contribution in [0.4, 0.5) is 5.69 Å². The topological polar surface area (TPSA) is 98.6 Å². The van der Waals surface area contributed by atoms with Crippen molar-refractivity contribution in [2.45, 2.75) is 26.3 Å². The zero-order valence-electron chi connectivity index (χ0n) is 18.2. The highest BCUT2D eigenvalue weighted by molar-refractivity contribution is 6.01. The summed E-state index contributed by atoms with van der Waals surface area (Å²) in [6.45, 7) is 6.31. The average molecular weight is 428 g/mol. The van der Waals surface area contributed by atoms with Gasteiger partial charge < -0.3 is 15.4 Å². The quantitative estimate of drug-likeness (QED) is 0.538. The molecule has 0 unspecified atom stereocenters. The highest BCUT2D eigenvalue weighted by Gasteiger charge is 2.33. The van der Waals surface area contributed by atoms with Gasteiger partial charge in [0, 0.05) is 35.9 Å². The zero-order chi connectivity index (χ0) is 22.5. The number of pyridine rings is 1. The Labute approximate surface area is 185 Å². The van der Waals surface area contributed by atoms with Gasteiger partial charge in [-0.15, -0.1) is 0 Å². The van der Waals surface area contributed by atoms with E-state index in [0.717, 1.165) is 28.1 Å². The summed E-state index contributed by atoms with van der Waals surface area (Å²) >= 11 is 0. The molecule has 0 fully saturated rings. The van der Waals surface area contributed by atoms with Crippen molar-refractivity contribution in [2.24, 2.45) is 5.73 Å². The van der Waals surface area contributed by atoms with Crippen molar-refractivity contribution in [3.63, 3.8) is 0 Å². The monoisotopic (exact) mass is 428 g/mol. The lowest BCUT2D eigenvalue weighted by Crippen LogP contribution is -2.53. The van der Waals surface area contributed by atoms with Gasteiger partial charge in [-0.1, -0.05) is 0 Å². The van der Waals surface area contributed by atoms with Crippen LogP contribution in [0.5, 0.6) is 5.75 Å². The summed E-state index contributed by atoms with van der Waals surface area (Å²) in [6.07, 6.45) is 7.24. The molecule has 1 aromatic carbocycles. The van der Waals surface area contributed by atoms with Crippen LogP contribution in [0.15, 0.2) is 55.1 Å². The number of hydrogen-bond acceptors (Lipinski definition) is 6. The molecule has 0 spiro atoms. The largest absolute Gasteiger partial charge is 0.490 e. The van der Waals surface area contributed by atoms with Gasteiger partial charge in [0.05, 0.1) is 29.2 Å². The van der Waals surface area contributed by atoms with Gasteiger partial charge in [0.25, 0.3) is 0 Å². The Bertz CT molecular complexity index is 1340. The number of hydrogen-bond donors (Lipinski definition) is 1. The average Bonchev–Trinajstić information content (AvgIpc) is 3.17. The molecule has 0 aliphatic carbocycles. The fraction of sp³-hybridized carbons (Fsp3) is 0.250. The normalized spacial score (nSPS) is 13.7. The maximum atomic E-state index is 13.0. The maximum absolute atomic E-state index is 13.0.